The Hall–Kier alpha value is -3.09. The quantitative estimate of drug-likeness (QED) is 0.388. The molecule has 2 aromatic heterocycles. The van der Waals surface area contributed by atoms with E-state index < -0.39 is 0 Å². The summed E-state index contributed by atoms with van der Waals surface area (Å²) in [7, 11) is 3.69. The first-order valence-corrected chi connectivity index (χ1v) is 8.66. The number of oxazole rings is 1. The Morgan fingerprint density at radius 1 is 1.23 bits per heavy atom. The van der Waals surface area contributed by atoms with E-state index in [4.69, 9.17) is 4.42 Å². The molecular weight excluding hydrogens is 328 g/mol. The monoisotopic (exact) mass is 352 g/mol. The highest BCUT2D eigenvalue weighted by Crippen LogP contribution is 2.17. The van der Waals surface area contributed by atoms with Gasteiger partial charge in [-0.25, -0.2) is 4.98 Å². The van der Waals surface area contributed by atoms with Crippen molar-refractivity contribution < 1.29 is 4.42 Å². The highest BCUT2D eigenvalue weighted by atomic mass is 16.3. The van der Waals surface area contributed by atoms with Gasteiger partial charge in [0.05, 0.1) is 18.4 Å². The number of guanidine groups is 1. The van der Waals surface area contributed by atoms with Crippen LogP contribution in [0, 0.1) is 0 Å². The van der Waals surface area contributed by atoms with Crippen LogP contribution < -0.4 is 10.6 Å². The number of hydrogen-bond acceptors (Lipinski definition) is 4. The van der Waals surface area contributed by atoms with Gasteiger partial charge in [-0.3, -0.25) is 9.67 Å². The zero-order valence-corrected chi connectivity index (χ0v) is 15.1. The minimum Gasteiger partial charge on any atom is -0.444 e. The van der Waals surface area contributed by atoms with E-state index in [0.717, 1.165) is 36.6 Å². The number of rotatable bonds is 7. The Morgan fingerprint density at radius 3 is 2.81 bits per heavy atom. The van der Waals surface area contributed by atoms with E-state index >= 15 is 0 Å². The van der Waals surface area contributed by atoms with Gasteiger partial charge in [0.2, 0.25) is 5.89 Å². The molecule has 1 aromatic carbocycles. The molecule has 0 fully saturated rings. The van der Waals surface area contributed by atoms with E-state index in [9.17, 15) is 0 Å². The van der Waals surface area contributed by atoms with Gasteiger partial charge < -0.3 is 15.1 Å². The van der Waals surface area contributed by atoms with Gasteiger partial charge >= 0.3 is 0 Å². The fourth-order valence-corrected chi connectivity index (χ4v) is 2.60. The lowest BCUT2D eigenvalue weighted by Gasteiger charge is -2.10. The van der Waals surface area contributed by atoms with E-state index in [2.05, 4.69) is 25.7 Å². The highest BCUT2D eigenvalue weighted by molar-refractivity contribution is 5.79. The summed E-state index contributed by atoms with van der Waals surface area (Å²) in [6, 6.07) is 9.86. The van der Waals surface area contributed by atoms with Crippen LogP contribution in [-0.2, 0) is 20.0 Å². The molecule has 0 bridgehead atoms. The molecular formula is C19H24N6O. The van der Waals surface area contributed by atoms with Crippen molar-refractivity contribution in [1.29, 1.82) is 0 Å². The molecule has 0 aliphatic heterocycles. The van der Waals surface area contributed by atoms with Crippen LogP contribution in [0.4, 0.5) is 0 Å². The molecule has 0 aliphatic carbocycles. The largest absolute Gasteiger partial charge is 0.444 e. The van der Waals surface area contributed by atoms with Crippen LogP contribution in [0.15, 0.2) is 58.4 Å². The average molecular weight is 352 g/mol. The predicted octanol–water partition coefficient (Wildman–Crippen LogP) is 2.37. The highest BCUT2D eigenvalue weighted by Gasteiger charge is 2.07. The van der Waals surface area contributed by atoms with Crippen molar-refractivity contribution in [3.05, 3.63) is 60.2 Å². The summed E-state index contributed by atoms with van der Waals surface area (Å²) in [6.07, 6.45) is 7.62. The van der Waals surface area contributed by atoms with Gasteiger partial charge in [0, 0.05) is 32.4 Å². The summed E-state index contributed by atoms with van der Waals surface area (Å²) >= 11 is 0. The third-order valence-corrected chi connectivity index (χ3v) is 3.93. The second-order valence-corrected chi connectivity index (χ2v) is 5.99. The van der Waals surface area contributed by atoms with Crippen LogP contribution in [0.2, 0.25) is 0 Å². The minimum atomic E-state index is 0.554. The SMILES string of the molecule is CN=C(NCCCc1cnn(C)c1)NCc1coc(-c2ccccc2)n1. The van der Waals surface area contributed by atoms with Crippen LogP contribution in [0.25, 0.3) is 11.5 Å². The Labute approximate surface area is 153 Å². The summed E-state index contributed by atoms with van der Waals surface area (Å²) in [5.74, 6) is 1.38. The van der Waals surface area contributed by atoms with Gasteiger partial charge in [0.15, 0.2) is 5.96 Å². The number of benzene rings is 1. The van der Waals surface area contributed by atoms with Crippen molar-refractivity contribution in [3.63, 3.8) is 0 Å². The van der Waals surface area contributed by atoms with E-state index in [1.54, 1.807) is 13.3 Å². The smallest absolute Gasteiger partial charge is 0.226 e. The third-order valence-electron chi connectivity index (χ3n) is 3.93. The number of aryl methyl sites for hydroxylation is 2. The fraction of sp³-hybridized carbons (Fsp3) is 0.316. The summed E-state index contributed by atoms with van der Waals surface area (Å²) in [5, 5.41) is 10.7. The van der Waals surface area contributed by atoms with E-state index in [-0.39, 0.29) is 0 Å². The first-order valence-electron chi connectivity index (χ1n) is 8.66. The molecule has 2 N–H and O–H groups in total. The lowest BCUT2D eigenvalue weighted by molar-refractivity contribution is 0.572. The Kier molecular flexibility index (Phi) is 6.03. The second-order valence-electron chi connectivity index (χ2n) is 5.99. The summed E-state index contributed by atoms with van der Waals surface area (Å²) in [6.45, 7) is 1.39. The molecule has 3 rings (SSSR count). The number of nitrogens with zero attached hydrogens (tertiary/aromatic N) is 4. The van der Waals surface area contributed by atoms with Crippen LogP contribution in [0.1, 0.15) is 17.7 Å². The maximum Gasteiger partial charge on any atom is 0.226 e. The molecule has 0 spiro atoms. The summed E-state index contributed by atoms with van der Waals surface area (Å²) in [5.41, 5.74) is 3.05. The molecule has 0 saturated heterocycles. The normalized spacial score (nSPS) is 11.5. The average Bonchev–Trinajstić information content (AvgIpc) is 3.31. The molecule has 7 heteroatoms. The Morgan fingerprint density at radius 2 is 2.08 bits per heavy atom. The molecule has 26 heavy (non-hydrogen) atoms. The lowest BCUT2D eigenvalue weighted by atomic mass is 10.2. The molecule has 0 aliphatic rings. The van der Waals surface area contributed by atoms with Crippen LogP contribution in [0.3, 0.4) is 0 Å². The second kappa shape index (κ2) is 8.84. The van der Waals surface area contributed by atoms with Crippen molar-refractivity contribution in [3.8, 4) is 11.5 Å². The van der Waals surface area contributed by atoms with Gasteiger partial charge in [-0.15, -0.1) is 0 Å². The van der Waals surface area contributed by atoms with E-state index in [0.29, 0.717) is 12.4 Å². The standard InChI is InChI=1S/C19H24N6O/c1-20-19(21-10-6-7-15-11-23-25(2)13-15)22-12-17-14-26-18(24-17)16-8-4-3-5-9-16/h3-5,8-9,11,13-14H,6-7,10,12H2,1-2H3,(H2,20,21,22). The zero-order chi connectivity index (χ0) is 18.2. The van der Waals surface area contributed by atoms with Gasteiger partial charge in [-0.1, -0.05) is 18.2 Å². The van der Waals surface area contributed by atoms with Crippen LogP contribution in [0.5, 0.6) is 0 Å². The Balaban J connectivity index is 1.42. The van der Waals surface area contributed by atoms with Gasteiger partial charge in [-0.05, 0) is 30.5 Å². The van der Waals surface area contributed by atoms with Crippen molar-refractivity contribution >= 4 is 5.96 Å². The first-order chi connectivity index (χ1) is 12.7. The summed E-state index contributed by atoms with van der Waals surface area (Å²) < 4.78 is 7.37. The zero-order valence-electron chi connectivity index (χ0n) is 15.1. The van der Waals surface area contributed by atoms with Crippen LogP contribution >= 0.6 is 0 Å². The van der Waals surface area contributed by atoms with Crippen molar-refractivity contribution in [1.82, 2.24) is 25.4 Å². The minimum absolute atomic E-state index is 0.554. The topological polar surface area (TPSA) is 80.3 Å². The molecule has 3 aromatic rings. The number of nitrogens with one attached hydrogen (secondary N) is 2. The van der Waals surface area contributed by atoms with Crippen molar-refractivity contribution in [2.24, 2.45) is 12.0 Å². The molecule has 2 heterocycles. The van der Waals surface area contributed by atoms with Crippen LogP contribution in [-0.4, -0.2) is 34.3 Å². The molecule has 0 saturated carbocycles. The molecule has 0 atom stereocenters. The maximum atomic E-state index is 5.55. The molecule has 0 radical (unpaired) electrons. The summed E-state index contributed by atoms with van der Waals surface area (Å²) in [4.78, 5) is 8.74. The Bertz CT molecular complexity index is 837. The number of aromatic nitrogens is 3. The van der Waals surface area contributed by atoms with Crippen molar-refractivity contribution in [2.45, 2.75) is 19.4 Å². The van der Waals surface area contributed by atoms with Gasteiger partial charge in [-0.2, -0.15) is 5.10 Å². The van der Waals surface area contributed by atoms with Crippen molar-refractivity contribution in [2.75, 3.05) is 13.6 Å². The van der Waals surface area contributed by atoms with Gasteiger partial charge in [0.1, 0.15) is 6.26 Å². The predicted molar refractivity (Wildman–Crippen MR) is 102 cm³/mol. The molecule has 7 nitrogen and oxygen atoms in total. The first kappa shape index (κ1) is 17.7. The molecule has 0 amide bonds. The lowest BCUT2D eigenvalue weighted by Crippen LogP contribution is -2.37. The third kappa shape index (κ3) is 4.95. The van der Waals surface area contributed by atoms with E-state index in [1.165, 1.54) is 5.56 Å². The maximum absolute atomic E-state index is 5.55. The molecule has 136 valence electrons. The van der Waals surface area contributed by atoms with Gasteiger partial charge in [0.25, 0.3) is 0 Å². The fourth-order valence-electron chi connectivity index (χ4n) is 2.60. The van der Waals surface area contributed by atoms with E-state index in [1.807, 2.05) is 54.5 Å². The number of hydrogen-bond donors (Lipinski definition) is 2. The number of aliphatic imine (C=N–C) groups is 1. The molecule has 0 unspecified atom stereocenters.